The molecule has 0 aliphatic rings. The number of nitrogens with one attached hydrogen (secondary N) is 1. The molecule has 22 heavy (non-hydrogen) atoms. The van der Waals surface area contributed by atoms with E-state index < -0.39 is 17.8 Å². The first-order chi connectivity index (χ1) is 10.3. The number of para-hydroxylation sites is 1. The molecule has 1 N–H and O–H groups in total. The summed E-state index contributed by atoms with van der Waals surface area (Å²) < 4.78 is 39.5. The summed E-state index contributed by atoms with van der Waals surface area (Å²) in [5.74, 6) is 0. The normalized spacial score (nSPS) is 11.1. The number of carbonyl (C=O) groups excluding carboxylic acids is 1. The van der Waals surface area contributed by atoms with Crippen LogP contribution in [0.3, 0.4) is 0 Å². The van der Waals surface area contributed by atoms with E-state index in [9.17, 15) is 18.0 Å². The highest BCUT2D eigenvalue weighted by Crippen LogP contribution is 2.34. The number of alkyl halides is 3. The van der Waals surface area contributed by atoms with Crippen LogP contribution in [-0.4, -0.2) is 13.1 Å². The molecule has 7 heteroatoms. The average molecular weight is 373 g/mol. The lowest BCUT2D eigenvalue weighted by Gasteiger charge is -2.20. The molecule has 0 saturated heterocycles. The summed E-state index contributed by atoms with van der Waals surface area (Å²) in [5, 5.41) is 2.29. The van der Waals surface area contributed by atoms with Crippen LogP contribution in [0.2, 0.25) is 0 Å². The number of amides is 2. The van der Waals surface area contributed by atoms with Crippen LogP contribution in [0.25, 0.3) is 0 Å². The third-order valence-corrected chi connectivity index (χ3v) is 3.47. The van der Waals surface area contributed by atoms with Gasteiger partial charge >= 0.3 is 12.2 Å². The van der Waals surface area contributed by atoms with E-state index in [-0.39, 0.29) is 5.69 Å². The van der Waals surface area contributed by atoms with E-state index in [0.717, 1.165) is 10.5 Å². The smallest absolute Gasteiger partial charge is 0.307 e. The Kier molecular flexibility index (Phi) is 4.75. The van der Waals surface area contributed by atoms with Crippen LogP contribution < -0.4 is 10.2 Å². The Balaban J connectivity index is 2.23. The number of benzene rings is 2. The highest BCUT2D eigenvalue weighted by Gasteiger charge is 2.33. The van der Waals surface area contributed by atoms with Crippen LogP contribution in [0.1, 0.15) is 5.56 Å². The maximum Gasteiger partial charge on any atom is 0.418 e. The molecule has 0 radical (unpaired) electrons. The molecular formula is C15H12BrF3N2O. The van der Waals surface area contributed by atoms with Crippen LogP contribution in [0.5, 0.6) is 0 Å². The minimum absolute atomic E-state index is 0.276. The first-order valence-electron chi connectivity index (χ1n) is 6.25. The molecule has 0 saturated carbocycles. The van der Waals surface area contributed by atoms with E-state index in [0.29, 0.717) is 5.69 Å². The van der Waals surface area contributed by atoms with Crippen molar-refractivity contribution in [3.63, 3.8) is 0 Å². The van der Waals surface area contributed by atoms with Crippen molar-refractivity contribution in [2.45, 2.75) is 6.18 Å². The zero-order valence-electron chi connectivity index (χ0n) is 11.5. The van der Waals surface area contributed by atoms with Crippen LogP contribution in [0, 0.1) is 0 Å². The van der Waals surface area contributed by atoms with Gasteiger partial charge in [0, 0.05) is 17.2 Å². The summed E-state index contributed by atoms with van der Waals surface area (Å²) >= 11 is 3.28. The molecule has 0 heterocycles. The molecule has 2 rings (SSSR count). The molecule has 0 unspecified atom stereocenters. The maximum atomic E-state index is 12.9. The van der Waals surface area contributed by atoms with Crippen molar-refractivity contribution in [3.05, 3.63) is 58.6 Å². The van der Waals surface area contributed by atoms with Crippen molar-refractivity contribution in [1.29, 1.82) is 0 Å². The SMILES string of the molecule is CN(C(=O)Nc1ccccc1C(F)(F)F)c1cccc(Br)c1. The molecule has 0 atom stereocenters. The number of halogens is 4. The number of hydrogen-bond acceptors (Lipinski definition) is 1. The Morgan fingerprint density at radius 3 is 2.45 bits per heavy atom. The number of carbonyl (C=O) groups is 1. The van der Waals surface area contributed by atoms with Crippen molar-refractivity contribution < 1.29 is 18.0 Å². The fourth-order valence-corrected chi connectivity index (χ4v) is 2.23. The molecular weight excluding hydrogens is 361 g/mol. The van der Waals surface area contributed by atoms with E-state index in [4.69, 9.17) is 0 Å². The molecule has 3 nitrogen and oxygen atoms in total. The lowest BCUT2D eigenvalue weighted by atomic mass is 10.1. The molecule has 0 aliphatic carbocycles. The minimum Gasteiger partial charge on any atom is -0.307 e. The fraction of sp³-hybridized carbons (Fsp3) is 0.133. The van der Waals surface area contributed by atoms with Gasteiger partial charge in [-0.3, -0.25) is 4.90 Å². The topological polar surface area (TPSA) is 32.3 Å². The van der Waals surface area contributed by atoms with Gasteiger partial charge in [0.05, 0.1) is 11.3 Å². The quantitative estimate of drug-likeness (QED) is 0.777. The third kappa shape index (κ3) is 3.79. The van der Waals surface area contributed by atoms with Gasteiger partial charge in [-0.1, -0.05) is 34.1 Å². The van der Waals surface area contributed by atoms with Gasteiger partial charge in [-0.05, 0) is 30.3 Å². The monoisotopic (exact) mass is 372 g/mol. The number of nitrogens with zero attached hydrogens (tertiary/aromatic N) is 1. The van der Waals surface area contributed by atoms with Crippen LogP contribution >= 0.6 is 15.9 Å². The summed E-state index contributed by atoms with van der Waals surface area (Å²) in [7, 11) is 1.48. The Morgan fingerprint density at radius 2 is 1.82 bits per heavy atom. The summed E-state index contributed by atoms with van der Waals surface area (Å²) in [5.41, 5.74) is -0.607. The van der Waals surface area contributed by atoms with E-state index >= 15 is 0 Å². The average Bonchev–Trinajstić information content (AvgIpc) is 2.46. The lowest BCUT2D eigenvalue weighted by Crippen LogP contribution is -2.31. The Labute approximate surface area is 133 Å². The second-order valence-electron chi connectivity index (χ2n) is 4.51. The van der Waals surface area contributed by atoms with Gasteiger partial charge in [0.2, 0.25) is 0 Å². The van der Waals surface area contributed by atoms with Gasteiger partial charge in [-0.25, -0.2) is 4.79 Å². The maximum absolute atomic E-state index is 12.9. The number of urea groups is 1. The second kappa shape index (κ2) is 6.39. The van der Waals surface area contributed by atoms with Crippen molar-refractivity contribution in [2.75, 3.05) is 17.3 Å². The molecule has 0 aromatic heterocycles. The number of rotatable bonds is 2. The van der Waals surface area contributed by atoms with Gasteiger partial charge in [0.15, 0.2) is 0 Å². The van der Waals surface area contributed by atoms with Gasteiger partial charge in [-0.15, -0.1) is 0 Å². The van der Waals surface area contributed by atoms with E-state index in [1.54, 1.807) is 24.3 Å². The van der Waals surface area contributed by atoms with Crippen molar-refractivity contribution in [2.24, 2.45) is 0 Å². The van der Waals surface area contributed by atoms with Gasteiger partial charge in [-0.2, -0.15) is 13.2 Å². The molecule has 2 aromatic rings. The Bertz CT molecular complexity index is 688. The fourth-order valence-electron chi connectivity index (χ4n) is 1.84. The van der Waals surface area contributed by atoms with E-state index in [2.05, 4.69) is 21.2 Å². The molecule has 0 bridgehead atoms. The Hall–Kier alpha value is -2.02. The van der Waals surface area contributed by atoms with E-state index in [1.807, 2.05) is 0 Å². The molecule has 0 spiro atoms. The minimum atomic E-state index is -4.53. The first-order valence-corrected chi connectivity index (χ1v) is 7.05. The molecule has 0 aliphatic heterocycles. The Morgan fingerprint density at radius 1 is 1.14 bits per heavy atom. The predicted molar refractivity (Wildman–Crippen MR) is 83.0 cm³/mol. The van der Waals surface area contributed by atoms with Crippen LogP contribution in [-0.2, 0) is 6.18 Å². The summed E-state index contributed by atoms with van der Waals surface area (Å²) in [6.07, 6.45) is -4.53. The molecule has 2 amide bonds. The summed E-state index contributed by atoms with van der Waals surface area (Å²) in [6, 6.07) is 11.1. The van der Waals surface area contributed by atoms with Gasteiger partial charge < -0.3 is 5.32 Å². The van der Waals surface area contributed by atoms with Gasteiger partial charge in [0.25, 0.3) is 0 Å². The van der Waals surface area contributed by atoms with Crippen LogP contribution in [0.4, 0.5) is 29.3 Å². The van der Waals surface area contributed by atoms with Crippen LogP contribution in [0.15, 0.2) is 53.0 Å². The molecule has 0 fully saturated rings. The highest BCUT2D eigenvalue weighted by atomic mass is 79.9. The number of hydrogen-bond donors (Lipinski definition) is 1. The largest absolute Gasteiger partial charge is 0.418 e. The zero-order valence-corrected chi connectivity index (χ0v) is 13.1. The van der Waals surface area contributed by atoms with Crippen molar-refractivity contribution in [1.82, 2.24) is 0 Å². The van der Waals surface area contributed by atoms with E-state index in [1.165, 1.54) is 30.1 Å². The second-order valence-corrected chi connectivity index (χ2v) is 5.43. The third-order valence-electron chi connectivity index (χ3n) is 2.97. The predicted octanol–water partition coefficient (Wildman–Crippen LogP) is 5.14. The summed E-state index contributed by atoms with van der Waals surface area (Å²) in [6.45, 7) is 0. The molecule has 2 aromatic carbocycles. The standard InChI is InChI=1S/C15H12BrF3N2O/c1-21(11-6-4-5-10(16)9-11)14(22)20-13-8-3-2-7-12(13)15(17,18)19/h2-9H,1H3,(H,20,22). The zero-order chi connectivity index (χ0) is 16.3. The molecule has 116 valence electrons. The van der Waals surface area contributed by atoms with Crippen molar-refractivity contribution >= 4 is 33.3 Å². The summed E-state index contributed by atoms with van der Waals surface area (Å²) in [4.78, 5) is 13.4. The first kappa shape index (κ1) is 16.4. The highest BCUT2D eigenvalue weighted by molar-refractivity contribution is 9.10. The number of anilines is 2. The van der Waals surface area contributed by atoms with Crippen molar-refractivity contribution in [3.8, 4) is 0 Å². The lowest BCUT2D eigenvalue weighted by molar-refractivity contribution is -0.136. The van der Waals surface area contributed by atoms with Gasteiger partial charge in [0.1, 0.15) is 0 Å².